The fraction of sp³-hybridized carbons (Fsp3) is 0.909. The van der Waals surface area contributed by atoms with Crippen molar-refractivity contribution in [3.05, 3.63) is 0 Å². The molecule has 80 valence electrons. The van der Waals surface area contributed by atoms with E-state index < -0.39 is 6.10 Å². The molecule has 1 saturated carbocycles. The Kier molecular flexibility index (Phi) is 2.30. The summed E-state index contributed by atoms with van der Waals surface area (Å²) in [5.74, 6) is 0.775. The van der Waals surface area contributed by atoms with E-state index >= 15 is 0 Å². The van der Waals surface area contributed by atoms with Crippen molar-refractivity contribution in [1.82, 2.24) is 4.90 Å². The lowest BCUT2D eigenvalue weighted by Crippen LogP contribution is -2.34. The zero-order valence-electron chi connectivity index (χ0n) is 8.99. The molecule has 2 aliphatic rings. The molecule has 0 aromatic heterocycles. The fourth-order valence-electron chi connectivity index (χ4n) is 2.36. The van der Waals surface area contributed by atoms with Gasteiger partial charge in [-0.25, -0.2) is 0 Å². The number of rotatable bonds is 3. The van der Waals surface area contributed by atoms with Gasteiger partial charge in [0.05, 0.1) is 12.5 Å². The molecule has 1 atom stereocenters. The lowest BCUT2D eigenvalue weighted by Gasteiger charge is -2.26. The van der Waals surface area contributed by atoms with E-state index in [9.17, 15) is 9.90 Å². The molecule has 0 bridgehead atoms. The average molecular weight is 197 g/mol. The van der Waals surface area contributed by atoms with Crippen LogP contribution in [0.2, 0.25) is 0 Å². The third-order valence-electron chi connectivity index (χ3n) is 3.82. The molecule has 0 radical (unpaired) electrons. The summed E-state index contributed by atoms with van der Waals surface area (Å²) in [6, 6.07) is 0. The van der Waals surface area contributed by atoms with E-state index in [4.69, 9.17) is 0 Å². The Morgan fingerprint density at radius 1 is 1.57 bits per heavy atom. The van der Waals surface area contributed by atoms with Crippen LogP contribution in [0.3, 0.4) is 0 Å². The minimum atomic E-state index is -0.425. The molecule has 1 amide bonds. The second-order valence-corrected chi connectivity index (χ2v) is 5.15. The molecular formula is C11H19NO2. The Hall–Kier alpha value is -0.570. The van der Waals surface area contributed by atoms with E-state index in [0.717, 1.165) is 6.54 Å². The number of hydrogen-bond donors (Lipinski definition) is 1. The molecule has 0 spiro atoms. The average Bonchev–Trinajstić information content (AvgIpc) is 2.77. The van der Waals surface area contributed by atoms with Crippen molar-refractivity contribution in [1.29, 1.82) is 0 Å². The third-order valence-corrected chi connectivity index (χ3v) is 3.82. The van der Waals surface area contributed by atoms with Gasteiger partial charge in [0.25, 0.3) is 0 Å². The summed E-state index contributed by atoms with van der Waals surface area (Å²) >= 11 is 0. The van der Waals surface area contributed by atoms with Gasteiger partial charge in [-0.15, -0.1) is 0 Å². The van der Waals surface area contributed by atoms with Crippen molar-refractivity contribution in [3.8, 4) is 0 Å². The topological polar surface area (TPSA) is 40.5 Å². The van der Waals surface area contributed by atoms with E-state index in [1.165, 1.54) is 12.8 Å². The predicted octanol–water partition coefficient (Wildman–Crippen LogP) is 1.02. The third kappa shape index (κ3) is 1.65. The molecule has 1 N–H and O–H groups in total. The first kappa shape index (κ1) is 9.97. The summed E-state index contributed by atoms with van der Waals surface area (Å²) in [7, 11) is 0. The molecule has 2 fully saturated rings. The first-order valence-electron chi connectivity index (χ1n) is 5.49. The predicted molar refractivity (Wildman–Crippen MR) is 53.7 cm³/mol. The van der Waals surface area contributed by atoms with Gasteiger partial charge in [0, 0.05) is 13.1 Å². The Labute approximate surface area is 85.1 Å². The Balaban J connectivity index is 1.95. The summed E-state index contributed by atoms with van der Waals surface area (Å²) in [5, 5.41) is 9.36. The van der Waals surface area contributed by atoms with Crippen LogP contribution in [0.4, 0.5) is 0 Å². The molecule has 0 aromatic rings. The monoisotopic (exact) mass is 197 g/mol. The number of amides is 1. The van der Waals surface area contributed by atoms with Crippen molar-refractivity contribution < 1.29 is 9.90 Å². The van der Waals surface area contributed by atoms with E-state index in [2.05, 4.69) is 13.8 Å². The summed E-state index contributed by atoms with van der Waals surface area (Å²) < 4.78 is 0. The Bertz CT molecular complexity index is 246. The fourth-order valence-corrected chi connectivity index (χ4v) is 2.36. The number of carbonyl (C=O) groups is 1. The van der Waals surface area contributed by atoms with E-state index in [0.29, 0.717) is 24.3 Å². The minimum Gasteiger partial charge on any atom is -0.391 e. The zero-order chi connectivity index (χ0) is 10.3. The molecule has 3 nitrogen and oxygen atoms in total. The Morgan fingerprint density at radius 2 is 2.21 bits per heavy atom. The quantitative estimate of drug-likeness (QED) is 0.733. The summed E-state index contributed by atoms with van der Waals surface area (Å²) in [4.78, 5) is 13.3. The smallest absolute Gasteiger partial charge is 0.225 e. The highest BCUT2D eigenvalue weighted by molar-refractivity contribution is 5.79. The maximum Gasteiger partial charge on any atom is 0.225 e. The molecule has 14 heavy (non-hydrogen) atoms. The normalized spacial score (nSPS) is 30.1. The number of nitrogens with zero attached hydrogens (tertiary/aromatic N) is 1. The van der Waals surface area contributed by atoms with Crippen LogP contribution in [-0.2, 0) is 4.79 Å². The van der Waals surface area contributed by atoms with E-state index in [-0.39, 0.29) is 5.91 Å². The van der Waals surface area contributed by atoms with Gasteiger partial charge >= 0.3 is 0 Å². The number of aliphatic hydroxyl groups excluding tert-OH is 1. The molecule has 1 aliphatic heterocycles. The van der Waals surface area contributed by atoms with Crippen molar-refractivity contribution in [2.45, 2.75) is 39.2 Å². The van der Waals surface area contributed by atoms with Gasteiger partial charge in [-0.05, 0) is 24.2 Å². The molecule has 3 heteroatoms. The van der Waals surface area contributed by atoms with Crippen LogP contribution in [-0.4, -0.2) is 35.1 Å². The van der Waals surface area contributed by atoms with Gasteiger partial charge in [-0.3, -0.25) is 4.79 Å². The SMILES string of the molecule is CC(C)C1(CN2CC(O)CC2=O)CC1. The molecule has 2 rings (SSSR count). The standard InChI is InChI=1S/C11H19NO2/c1-8(2)11(3-4-11)7-12-6-9(13)5-10(12)14/h8-9,13H,3-7H2,1-2H3. The maximum atomic E-state index is 11.5. The van der Waals surface area contributed by atoms with Gasteiger partial charge in [-0.1, -0.05) is 13.8 Å². The maximum absolute atomic E-state index is 11.5. The van der Waals surface area contributed by atoms with Crippen LogP contribution in [0, 0.1) is 11.3 Å². The molecular weight excluding hydrogens is 178 g/mol. The molecule has 1 aliphatic carbocycles. The minimum absolute atomic E-state index is 0.129. The van der Waals surface area contributed by atoms with Crippen LogP contribution in [0.1, 0.15) is 33.1 Å². The van der Waals surface area contributed by atoms with Gasteiger partial charge in [0.15, 0.2) is 0 Å². The van der Waals surface area contributed by atoms with Crippen molar-refractivity contribution in [2.75, 3.05) is 13.1 Å². The molecule has 1 heterocycles. The van der Waals surface area contributed by atoms with E-state index in [1.807, 2.05) is 4.90 Å². The summed E-state index contributed by atoms with van der Waals surface area (Å²) in [6.45, 7) is 5.86. The number of carbonyl (C=O) groups excluding carboxylic acids is 1. The highest BCUT2D eigenvalue weighted by Crippen LogP contribution is 2.52. The number of hydrogen-bond acceptors (Lipinski definition) is 2. The number of aliphatic hydroxyl groups is 1. The Morgan fingerprint density at radius 3 is 2.57 bits per heavy atom. The van der Waals surface area contributed by atoms with Gasteiger partial charge in [-0.2, -0.15) is 0 Å². The van der Waals surface area contributed by atoms with Gasteiger partial charge in [0.2, 0.25) is 5.91 Å². The first-order valence-corrected chi connectivity index (χ1v) is 5.49. The van der Waals surface area contributed by atoms with Crippen LogP contribution in [0.5, 0.6) is 0 Å². The van der Waals surface area contributed by atoms with E-state index in [1.54, 1.807) is 0 Å². The molecule has 1 unspecified atom stereocenters. The second-order valence-electron chi connectivity index (χ2n) is 5.15. The molecule has 1 saturated heterocycles. The second kappa shape index (κ2) is 3.23. The lowest BCUT2D eigenvalue weighted by atomic mass is 9.92. The van der Waals surface area contributed by atoms with Crippen molar-refractivity contribution in [2.24, 2.45) is 11.3 Å². The largest absolute Gasteiger partial charge is 0.391 e. The van der Waals surface area contributed by atoms with Crippen LogP contribution in [0.25, 0.3) is 0 Å². The summed E-state index contributed by atoms with van der Waals surface area (Å²) in [5.41, 5.74) is 0.375. The molecule has 0 aromatic carbocycles. The zero-order valence-corrected chi connectivity index (χ0v) is 8.99. The number of β-amino-alcohol motifs (C(OH)–C–C–N with tert-alkyl or cyclic N) is 1. The lowest BCUT2D eigenvalue weighted by molar-refractivity contribution is -0.128. The highest BCUT2D eigenvalue weighted by atomic mass is 16.3. The first-order chi connectivity index (χ1) is 6.53. The van der Waals surface area contributed by atoms with Crippen LogP contribution >= 0.6 is 0 Å². The van der Waals surface area contributed by atoms with Crippen LogP contribution in [0.15, 0.2) is 0 Å². The van der Waals surface area contributed by atoms with Gasteiger partial charge in [0.1, 0.15) is 0 Å². The number of likely N-dealkylation sites (tertiary alicyclic amines) is 1. The van der Waals surface area contributed by atoms with Gasteiger partial charge < -0.3 is 10.0 Å². The summed E-state index contributed by atoms with van der Waals surface area (Å²) in [6.07, 6.45) is 2.38. The van der Waals surface area contributed by atoms with Crippen molar-refractivity contribution in [3.63, 3.8) is 0 Å². The highest BCUT2D eigenvalue weighted by Gasteiger charge is 2.48. The van der Waals surface area contributed by atoms with Crippen molar-refractivity contribution >= 4 is 5.91 Å². The van der Waals surface area contributed by atoms with Crippen LogP contribution < -0.4 is 0 Å².